The molecule has 0 saturated carbocycles. The van der Waals surface area contributed by atoms with Crippen LogP contribution in [0.3, 0.4) is 0 Å². The Kier molecular flexibility index (Phi) is 4.95. The molecule has 5 heteroatoms. The van der Waals surface area contributed by atoms with Crippen molar-refractivity contribution in [2.24, 2.45) is 0 Å². The number of halogens is 1. The molecule has 4 nitrogen and oxygen atoms in total. The molecule has 0 aromatic heterocycles. The van der Waals surface area contributed by atoms with Gasteiger partial charge < -0.3 is 14.4 Å². The molecule has 0 aliphatic carbocycles. The first kappa shape index (κ1) is 14.8. The van der Waals surface area contributed by atoms with Crippen LogP contribution in [0, 0.1) is 5.82 Å². The summed E-state index contributed by atoms with van der Waals surface area (Å²) in [7, 11) is 1.40. The lowest BCUT2D eigenvalue weighted by Gasteiger charge is -2.32. The van der Waals surface area contributed by atoms with Crippen LogP contribution in [-0.2, 0) is 4.74 Å². The first-order valence-corrected chi connectivity index (χ1v) is 6.90. The molecule has 1 heterocycles. The third-order valence-electron chi connectivity index (χ3n) is 3.47. The average Bonchev–Trinajstić information content (AvgIpc) is 2.47. The van der Waals surface area contributed by atoms with E-state index in [1.54, 1.807) is 11.0 Å². The fraction of sp³-hybridized carbons (Fsp3) is 0.533. The average molecular weight is 281 g/mol. The summed E-state index contributed by atoms with van der Waals surface area (Å²) in [5.41, 5.74) is 0.348. The summed E-state index contributed by atoms with van der Waals surface area (Å²) in [6.45, 7) is 3.85. The molecule has 1 amide bonds. The highest BCUT2D eigenvalue weighted by Gasteiger charge is 2.25. The number of ether oxygens (including phenoxy) is 2. The minimum absolute atomic E-state index is 0.0841. The molecular weight excluding hydrogens is 261 g/mol. The van der Waals surface area contributed by atoms with Gasteiger partial charge >= 0.3 is 0 Å². The number of rotatable bonds is 4. The van der Waals surface area contributed by atoms with Gasteiger partial charge in [-0.15, -0.1) is 0 Å². The van der Waals surface area contributed by atoms with Gasteiger partial charge in [0.05, 0.1) is 13.2 Å². The van der Waals surface area contributed by atoms with Crippen molar-refractivity contribution in [3.05, 3.63) is 29.6 Å². The standard InChI is InChI=1S/C15H20FNO3/c1-3-20-12-5-4-8-17(10-12)15(18)11-6-7-14(19-2)13(16)9-11/h6-7,9,12H,3-5,8,10H2,1-2H3. The molecule has 1 unspecified atom stereocenters. The highest BCUT2D eigenvalue weighted by atomic mass is 19.1. The van der Waals surface area contributed by atoms with E-state index in [1.807, 2.05) is 6.92 Å². The van der Waals surface area contributed by atoms with Crippen LogP contribution in [0.1, 0.15) is 30.1 Å². The Morgan fingerprint density at radius 1 is 1.50 bits per heavy atom. The highest BCUT2D eigenvalue weighted by molar-refractivity contribution is 5.94. The summed E-state index contributed by atoms with van der Waals surface area (Å²) < 4.78 is 24.1. The van der Waals surface area contributed by atoms with Gasteiger partial charge in [0.25, 0.3) is 5.91 Å². The summed E-state index contributed by atoms with van der Waals surface area (Å²) in [5, 5.41) is 0. The van der Waals surface area contributed by atoms with Crippen molar-refractivity contribution in [2.45, 2.75) is 25.9 Å². The lowest BCUT2D eigenvalue weighted by molar-refractivity contribution is 0.00723. The van der Waals surface area contributed by atoms with E-state index in [2.05, 4.69) is 0 Å². The smallest absolute Gasteiger partial charge is 0.254 e. The number of hydrogen-bond donors (Lipinski definition) is 0. The van der Waals surface area contributed by atoms with E-state index in [0.29, 0.717) is 25.3 Å². The van der Waals surface area contributed by atoms with E-state index in [9.17, 15) is 9.18 Å². The van der Waals surface area contributed by atoms with Crippen molar-refractivity contribution in [1.82, 2.24) is 4.90 Å². The van der Waals surface area contributed by atoms with Crippen molar-refractivity contribution in [3.8, 4) is 5.75 Å². The van der Waals surface area contributed by atoms with E-state index >= 15 is 0 Å². The molecule has 0 bridgehead atoms. The number of carbonyl (C=O) groups is 1. The molecule has 1 aromatic carbocycles. The van der Waals surface area contributed by atoms with Crippen molar-refractivity contribution in [2.75, 3.05) is 26.8 Å². The van der Waals surface area contributed by atoms with Crippen LogP contribution in [0.15, 0.2) is 18.2 Å². The zero-order chi connectivity index (χ0) is 14.5. The van der Waals surface area contributed by atoms with Crippen molar-refractivity contribution >= 4 is 5.91 Å². The Hall–Kier alpha value is -1.62. The number of piperidine rings is 1. The van der Waals surface area contributed by atoms with Gasteiger partial charge in [-0.25, -0.2) is 4.39 Å². The molecule has 0 radical (unpaired) electrons. The van der Waals surface area contributed by atoms with Crippen molar-refractivity contribution in [1.29, 1.82) is 0 Å². The van der Waals surface area contributed by atoms with Crippen LogP contribution < -0.4 is 4.74 Å². The predicted molar refractivity (Wildman–Crippen MR) is 73.5 cm³/mol. The first-order chi connectivity index (χ1) is 9.65. The molecule has 1 atom stereocenters. The monoisotopic (exact) mass is 281 g/mol. The molecule has 1 fully saturated rings. The van der Waals surface area contributed by atoms with E-state index < -0.39 is 5.82 Å². The Balaban J connectivity index is 2.08. The Morgan fingerprint density at radius 3 is 2.95 bits per heavy atom. The number of nitrogens with zero attached hydrogens (tertiary/aromatic N) is 1. The number of likely N-dealkylation sites (tertiary alicyclic amines) is 1. The van der Waals surface area contributed by atoms with E-state index in [0.717, 1.165) is 12.8 Å². The summed E-state index contributed by atoms with van der Waals surface area (Å²) in [6, 6.07) is 4.30. The molecule has 110 valence electrons. The molecule has 1 aliphatic rings. The van der Waals surface area contributed by atoms with Crippen LogP contribution in [0.4, 0.5) is 4.39 Å². The van der Waals surface area contributed by atoms with Gasteiger partial charge in [-0.3, -0.25) is 4.79 Å². The Labute approximate surface area is 118 Å². The Bertz CT molecular complexity index is 476. The maximum atomic E-state index is 13.7. The van der Waals surface area contributed by atoms with Gasteiger partial charge in [-0.1, -0.05) is 0 Å². The second kappa shape index (κ2) is 6.70. The van der Waals surface area contributed by atoms with Gasteiger partial charge in [0.2, 0.25) is 0 Å². The fourth-order valence-electron chi connectivity index (χ4n) is 2.48. The Morgan fingerprint density at radius 2 is 2.30 bits per heavy atom. The van der Waals surface area contributed by atoms with Crippen LogP contribution in [-0.4, -0.2) is 43.7 Å². The maximum Gasteiger partial charge on any atom is 0.254 e. The number of hydrogen-bond acceptors (Lipinski definition) is 3. The van der Waals surface area contributed by atoms with Gasteiger partial charge in [-0.05, 0) is 38.0 Å². The SMILES string of the molecule is CCOC1CCCN(C(=O)c2ccc(OC)c(F)c2)C1. The lowest BCUT2D eigenvalue weighted by atomic mass is 10.1. The predicted octanol–water partition coefficient (Wildman–Crippen LogP) is 2.48. The van der Waals surface area contributed by atoms with E-state index in [4.69, 9.17) is 9.47 Å². The van der Waals surface area contributed by atoms with Crippen LogP contribution in [0.2, 0.25) is 0 Å². The van der Waals surface area contributed by atoms with Crippen LogP contribution in [0.25, 0.3) is 0 Å². The molecular formula is C15H20FNO3. The topological polar surface area (TPSA) is 38.8 Å². The number of benzene rings is 1. The molecule has 1 aromatic rings. The third-order valence-corrected chi connectivity index (χ3v) is 3.47. The summed E-state index contributed by atoms with van der Waals surface area (Å²) >= 11 is 0. The third kappa shape index (κ3) is 3.28. The molecule has 0 N–H and O–H groups in total. The summed E-state index contributed by atoms with van der Waals surface area (Å²) in [6.07, 6.45) is 1.96. The lowest BCUT2D eigenvalue weighted by Crippen LogP contribution is -2.43. The highest BCUT2D eigenvalue weighted by Crippen LogP contribution is 2.21. The molecule has 0 spiro atoms. The molecule has 1 aliphatic heterocycles. The molecule has 2 rings (SSSR count). The minimum Gasteiger partial charge on any atom is -0.494 e. The largest absolute Gasteiger partial charge is 0.494 e. The first-order valence-electron chi connectivity index (χ1n) is 6.90. The van der Waals surface area contributed by atoms with Crippen molar-refractivity contribution < 1.29 is 18.7 Å². The summed E-state index contributed by atoms with van der Waals surface area (Å²) in [5.74, 6) is -0.528. The quantitative estimate of drug-likeness (QED) is 0.851. The minimum atomic E-state index is -0.517. The molecule has 1 saturated heterocycles. The number of amides is 1. The van der Waals surface area contributed by atoms with Gasteiger partial charge in [0.15, 0.2) is 11.6 Å². The van der Waals surface area contributed by atoms with Crippen LogP contribution in [0.5, 0.6) is 5.75 Å². The maximum absolute atomic E-state index is 13.7. The van der Waals surface area contributed by atoms with E-state index in [-0.39, 0.29) is 17.8 Å². The summed E-state index contributed by atoms with van der Waals surface area (Å²) in [4.78, 5) is 14.1. The zero-order valence-electron chi connectivity index (χ0n) is 11.9. The van der Waals surface area contributed by atoms with Gasteiger partial charge in [0.1, 0.15) is 0 Å². The number of carbonyl (C=O) groups excluding carboxylic acids is 1. The molecule has 20 heavy (non-hydrogen) atoms. The fourth-order valence-corrected chi connectivity index (χ4v) is 2.48. The zero-order valence-corrected chi connectivity index (χ0v) is 11.9. The number of methoxy groups -OCH3 is 1. The van der Waals surface area contributed by atoms with Crippen LogP contribution >= 0.6 is 0 Å². The van der Waals surface area contributed by atoms with Crippen molar-refractivity contribution in [3.63, 3.8) is 0 Å². The normalized spacial score (nSPS) is 18.9. The van der Waals surface area contributed by atoms with E-state index in [1.165, 1.54) is 19.2 Å². The van der Waals surface area contributed by atoms with Gasteiger partial charge in [-0.2, -0.15) is 0 Å². The van der Waals surface area contributed by atoms with Gasteiger partial charge in [0, 0.05) is 25.3 Å². The second-order valence-corrected chi connectivity index (χ2v) is 4.82. The second-order valence-electron chi connectivity index (χ2n) is 4.82.